The van der Waals surface area contributed by atoms with Gasteiger partial charge in [0, 0.05) is 5.56 Å². The van der Waals surface area contributed by atoms with Crippen molar-refractivity contribution in [2.45, 2.75) is 0 Å². The molecule has 5 rings (SSSR count). The van der Waals surface area contributed by atoms with Gasteiger partial charge in [-0.05, 0) is 12.1 Å². The van der Waals surface area contributed by atoms with Gasteiger partial charge in [0.2, 0.25) is 0 Å². The van der Waals surface area contributed by atoms with Gasteiger partial charge >= 0.3 is 0 Å². The third-order valence-corrected chi connectivity index (χ3v) is 4.34. The lowest BCUT2D eigenvalue weighted by Crippen LogP contribution is -1.99. The zero-order chi connectivity index (χ0) is 16.8. The summed E-state index contributed by atoms with van der Waals surface area (Å²) in [7, 11) is 0. The molecule has 120 valence electrons. The fourth-order valence-corrected chi connectivity index (χ4v) is 3.05. The summed E-state index contributed by atoms with van der Waals surface area (Å²) in [5.41, 5.74) is 3.13. The topological polar surface area (TPSA) is 60.9 Å². The van der Waals surface area contributed by atoms with Crippen LogP contribution in [0.2, 0.25) is 5.02 Å². The monoisotopic (exact) mass is 346 g/mol. The third-order valence-electron chi connectivity index (χ3n) is 4.02. The van der Waals surface area contributed by atoms with Crippen molar-refractivity contribution in [3.05, 3.63) is 72.1 Å². The van der Waals surface area contributed by atoms with E-state index in [1.54, 1.807) is 21.7 Å². The molecule has 5 aromatic rings. The summed E-state index contributed by atoms with van der Waals surface area (Å²) in [5, 5.41) is 10.4. The molecule has 0 fully saturated rings. The maximum absolute atomic E-state index is 6.30. The van der Waals surface area contributed by atoms with Gasteiger partial charge in [0.25, 0.3) is 0 Å². The van der Waals surface area contributed by atoms with Crippen molar-refractivity contribution in [2.75, 3.05) is 0 Å². The van der Waals surface area contributed by atoms with Gasteiger partial charge in [-0.3, -0.25) is 0 Å². The van der Waals surface area contributed by atoms with Crippen LogP contribution in [-0.2, 0) is 0 Å². The van der Waals surface area contributed by atoms with Crippen molar-refractivity contribution in [2.24, 2.45) is 0 Å². The Morgan fingerprint density at radius 2 is 1.68 bits per heavy atom. The summed E-state index contributed by atoms with van der Waals surface area (Å²) in [6, 6.07) is 17.4. The molecule has 0 radical (unpaired) electrons. The zero-order valence-corrected chi connectivity index (χ0v) is 13.7. The van der Waals surface area contributed by atoms with Crippen molar-refractivity contribution < 1.29 is 0 Å². The van der Waals surface area contributed by atoms with Crippen molar-refractivity contribution in [1.29, 1.82) is 0 Å². The minimum absolute atomic E-state index is 0.612. The summed E-state index contributed by atoms with van der Waals surface area (Å²) in [6.07, 6.45) is 3.39. The second-order valence-corrected chi connectivity index (χ2v) is 5.97. The Labute approximate surface area is 147 Å². The number of nitrogens with zero attached hydrogens (tertiary/aromatic N) is 6. The predicted molar refractivity (Wildman–Crippen MR) is 95.9 cm³/mol. The molecule has 0 aliphatic heterocycles. The molecule has 3 aromatic heterocycles. The first-order valence-corrected chi connectivity index (χ1v) is 8.08. The maximum Gasteiger partial charge on any atom is 0.182 e. The molecule has 0 aliphatic rings. The van der Waals surface area contributed by atoms with Gasteiger partial charge in [0.05, 0.1) is 22.3 Å². The van der Waals surface area contributed by atoms with Gasteiger partial charge in [0.15, 0.2) is 17.1 Å². The highest BCUT2D eigenvalue weighted by molar-refractivity contribution is 6.32. The van der Waals surface area contributed by atoms with E-state index in [2.05, 4.69) is 20.2 Å². The molecule has 25 heavy (non-hydrogen) atoms. The lowest BCUT2D eigenvalue weighted by molar-refractivity contribution is 0.883. The molecule has 0 bridgehead atoms. The molecule has 0 amide bonds. The molecule has 6 nitrogen and oxygen atoms in total. The standard InChI is InChI=1S/C18H11ClN6/c19-14-8-4-5-9-15(14)25-17-13(10-21-25)18-22-16(23-24(18)11-20-17)12-6-2-1-3-7-12/h1-11H. The van der Waals surface area contributed by atoms with Crippen LogP contribution in [0.3, 0.4) is 0 Å². The highest BCUT2D eigenvalue weighted by atomic mass is 35.5. The van der Waals surface area contributed by atoms with Crippen LogP contribution in [0, 0.1) is 0 Å². The third kappa shape index (κ3) is 2.19. The van der Waals surface area contributed by atoms with Gasteiger partial charge in [-0.2, -0.15) is 5.10 Å². The van der Waals surface area contributed by atoms with Gasteiger partial charge in [-0.1, -0.05) is 54.1 Å². The second-order valence-electron chi connectivity index (χ2n) is 5.56. The number of halogens is 1. The van der Waals surface area contributed by atoms with E-state index in [9.17, 15) is 0 Å². The number of para-hydroxylation sites is 1. The molecule has 2 aromatic carbocycles. The van der Waals surface area contributed by atoms with E-state index in [0.29, 0.717) is 22.1 Å². The summed E-state index contributed by atoms with van der Waals surface area (Å²) >= 11 is 6.30. The van der Waals surface area contributed by atoms with Gasteiger partial charge in [0.1, 0.15) is 6.33 Å². The molecule has 0 spiro atoms. The van der Waals surface area contributed by atoms with Crippen LogP contribution in [0.4, 0.5) is 0 Å². The highest BCUT2D eigenvalue weighted by Gasteiger charge is 2.15. The van der Waals surface area contributed by atoms with E-state index in [1.807, 2.05) is 54.6 Å². The summed E-state index contributed by atoms with van der Waals surface area (Å²) in [5.74, 6) is 0.653. The molecule has 0 unspecified atom stereocenters. The van der Waals surface area contributed by atoms with Gasteiger partial charge < -0.3 is 0 Å². The Bertz CT molecular complexity index is 1210. The largest absolute Gasteiger partial charge is 0.216 e. The smallest absolute Gasteiger partial charge is 0.182 e. The van der Waals surface area contributed by atoms with Crippen molar-refractivity contribution in [3.63, 3.8) is 0 Å². The Hall–Kier alpha value is -3.25. The number of benzene rings is 2. The van der Waals surface area contributed by atoms with Crippen LogP contribution in [0.5, 0.6) is 0 Å². The van der Waals surface area contributed by atoms with Crippen molar-refractivity contribution in [1.82, 2.24) is 29.4 Å². The Morgan fingerprint density at radius 3 is 2.52 bits per heavy atom. The predicted octanol–water partition coefficient (Wildman–Crippen LogP) is 3.78. The SMILES string of the molecule is Clc1ccccc1-n1ncc2c1ncn1nc(-c3ccccc3)nc21. The average molecular weight is 347 g/mol. The highest BCUT2D eigenvalue weighted by Crippen LogP contribution is 2.25. The average Bonchev–Trinajstić information content (AvgIpc) is 3.26. The van der Waals surface area contributed by atoms with E-state index < -0.39 is 0 Å². The first-order chi connectivity index (χ1) is 12.3. The van der Waals surface area contributed by atoms with E-state index in [4.69, 9.17) is 11.6 Å². The normalized spacial score (nSPS) is 11.4. The molecule has 0 saturated heterocycles. The van der Waals surface area contributed by atoms with Crippen LogP contribution in [-0.4, -0.2) is 29.4 Å². The lowest BCUT2D eigenvalue weighted by atomic mass is 10.2. The number of rotatable bonds is 2. The number of hydrogen-bond acceptors (Lipinski definition) is 4. The first-order valence-electron chi connectivity index (χ1n) is 7.71. The van der Waals surface area contributed by atoms with Crippen LogP contribution in [0.1, 0.15) is 0 Å². The van der Waals surface area contributed by atoms with Gasteiger partial charge in [-0.25, -0.2) is 19.2 Å². The number of fused-ring (bicyclic) bond motifs is 3. The zero-order valence-electron chi connectivity index (χ0n) is 12.9. The van der Waals surface area contributed by atoms with Crippen LogP contribution < -0.4 is 0 Å². The molecule has 0 saturated carbocycles. The molecule has 3 heterocycles. The molecule has 0 aliphatic carbocycles. The summed E-state index contributed by atoms with van der Waals surface area (Å²) < 4.78 is 3.39. The van der Waals surface area contributed by atoms with Crippen molar-refractivity contribution in [3.8, 4) is 17.1 Å². The van der Waals surface area contributed by atoms with Crippen LogP contribution in [0.25, 0.3) is 33.8 Å². The second kappa shape index (κ2) is 5.39. The van der Waals surface area contributed by atoms with E-state index in [-0.39, 0.29) is 0 Å². The first kappa shape index (κ1) is 14.1. The summed E-state index contributed by atoms with van der Waals surface area (Å²) in [4.78, 5) is 9.16. The minimum Gasteiger partial charge on any atom is -0.216 e. The Morgan fingerprint density at radius 1 is 0.880 bits per heavy atom. The number of hydrogen-bond donors (Lipinski definition) is 0. The van der Waals surface area contributed by atoms with Crippen molar-refractivity contribution >= 4 is 28.3 Å². The minimum atomic E-state index is 0.612. The summed E-state index contributed by atoms with van der Waals surface area (Å²) in [6.45, 7) is 0. The van der Waals surface area contributed by atoms with Crippen LogP contribution in [0.15, 0.2) is 67.1 Å². The van der Waals surface area contributed by atoms with Crippen LogP contribution >= 0.6 is 11.6 Å². The fraction of sp³-hybridized carbons (Fsp3) is 0. The fourth-order valence-electron chi connectivity index (χ4n) is 2.83. The quantitative estimate of drug-likeness (QED) is 0.488. The van der Waals surface area contributed by atoms with Gasteiger partial charge in [-0.15, -0.1) is 5.10 Å². The molecule has 0 atom stereocenters. The lowest BCUT2D eigenvalue weighted by Gasteiger charge is -2.04. The molecular weight excluding hydrogens is 336 g/mol. The Balaban J connectivity index is 1.74. The van der Waals surface area contributed by atoms with E-state index in [1.165, 1.54) is 0 Å². The molecule has 7 heteroatoms. The van der Waals surface area contributed by atoms with E-state index in [0.717, 1.165) is 16.6 Å². The Kier molecular flexibility index (Phi) is 3.05. The number of aromatic nitrogens is 6. The molecular formula is C18H11ClN6. The molecule has 0 N–H and O–H groups in total. The maximum atomic E-state index is 6.30. The van der Waals surface area contributed by atoms with E-state index >= 15 is 0 Å².